The highest BCUT2D eigenvalue weighted by atomic mass is 16.4. The number of rotatable bonds is 5. The molecular weight excluding hydrogens is 562 g/mol. The predicted octanol–water partition coefficient (Wildman–Crippen LogP) is 4.87. The molecule has 10 heteroatoms. The Balaban J connectivity index is 0.000000190. The van der Waals surface area contributed by atoms with Crippen LogP contribution >= 0.6 is 0 Å². The van der Waals surface area contributed by atoms with Crippen LogP contribution in [0.15, 0.2) is 83.7 Å². The van der Waals surface area contributed by atoms with Crippen LogP contribution in [-0.4, -0.2) is 55.0 Å². The minimum atomic E-state index is -1.28. The van der Waals surface area contributed by atoms with Gasteiger partial charge >= 0.3 is 17.6 Å². The molecule has 1 aromatic heterocycles. The number of aromatic carboxylic acids is 2. The second-order valence-corrected chi connectivity index (χ2v) is 10.8. The molecule has 0 saturated carbocycles. The highest BCUT2D eigenvalue weighted by Crippen LogP contribution is 2.38. The minimum Gasteiger partial charge on any atom is -0.507 e. The molecule has 0 radical (unpaired) electrons. The molecule has 222 valence electrons. The number of aromatic hydroxyl groups is 2. The SMILES string of the molecule is CN[C@@H]1Cc2cccc3[nH]c(=O)n(c23)C1.O=C(O)c1cc2ccccc2c(Cc2c(O)c(C(=O)O)cc3ccccc23)c1O. The van der Waals surface area contributed by atoms with Gasteiger partial charge in [0.1, 0.15) is 22.6 Å². The van der Waals surface area contributed by atoms with Gasteiger partial charge in [-0.15, -0.1) is 0 Å². The molecule has 6 N–H and O–H groups in total. The lowest BCUT2D eigenvalue weighted by atomic mass is 9.90. The fourth-order valence-corrected chi connectivity index (χ4v) is 6.06. The Morgan fingerprint density at radius 1 is 0.841 bits per heavy atom. The predicted molar refractivity (Wildman–Crippen MR) is 167 cm³/mol. The number of benzene rings is 5. The van der Waals surface area contributed by atoms with E-state index < -0.39 is 23.4 Å². The third kappa shape index (κ3) is 4.91. The number of nitrogens with zero attached hydrogens (tertiary/aromatic N) is 1. The van der Waals surface area contributed by atoms with Gasteiger partial charge in [0.05, 0.1) is 11.0 Å². The van der Waals surface area contributed by atoms with Crippen molar-refractivity contribution in [2.24, 2.45) is 0 Å². The number of nitrogens with one attached hydrogen (secondary N) is 2. The van der Waals surface area contributed by atoms with Gasteiger partial charge < -0.3 is 30.7 Å². The zero-order chi connectivity index (χ0) is 31.1. The molecule has 0 aliphatic carbocycles. The standard InChI is InChI=1S/C23H16O6.C11H13N3O/c24-20-16(14-7-3-1-5-12(14)9-18(20)22(26)27)11-17-15-8-4-2-6-13(15)10-19(21(17)25)23(28)29;1-12-8-5-7-3-2-4-9-10(7)14(6-8)11(15)13-9/h1-10,24-25H,11H2,(H,26,27)(H,28,29);2-4,8,12H,5-6H2,1H3,(H,13,15)/t;8-/m.1/s1. The van der Waals surface area contributed by atoms with Crippen LogP contribution in [0.3, 0.4) is 0 Å². The molecule has 0 saturated heterocycles. The number of para-hydroxylation sites is 1. The maximum absolute atomic E-state index is 11.7. The summed E-state index contributed by atoms with van der Waals surface area (Å²) in [4.78, 5) is 37.8. The maximum atomic E-state index is 11.7. The van der Waals surface area contributed by atoms with Gasteiger partial charge in [0, 0.05) is 30.1 Å². The average Bonchev–Trinajstić information content (AvgIpc) is 3.35. The van der Waals surface area contributed by atoms with Crippen molar-refractivity contribution in [1.82, 2.24) is 14.9 Å². The van der Waals surface area contributed by atoms with E-state index in [1.165, 1.54) is 17.7 Å². The molecule has 5 aromatic carbocycles. The Morgan fingerprint density at radius 3 is 1.91 bits per heavy atom. The van der Waals surface area contributed by atoms with Crippen molar-refractivity contribution in [3.8, 4) is 11.5 Å². The summed E-state index contributed by atoms with van der Waals surface area (Å²) in [5.41, 5.74) is 3.38. The van der Waals surface area contributed by atoms with E-state index in [1.54, 1.807) is 48.5 Å². The molecule has 0 fully saturated rings. The van der Waals surface area contributed by atoms with Crippen molar-refractivity contribution < 1.29 is 30.0 Å². The first kappa shape index (κ1) is 28.5. The molecule has 7 rings (SSSR count). The van der Waals surface area contributed by atoms with Gasteiger partial charge in [0.2, 0.25) is 0 Å². The summed E-state index contributed by atoms with van der Waals surface area (Å²) >= 11 is 0. The number of imidazole rings is 1. The first-order valence-electron chi connectivity index (χ1n) is 14.0. The van der Waals surface area contributed by atoms with Crippen molar-refractivity contribution in [2.75, 3.05) is 7.05 Å². The summed E-state index contributed by atoms with van der Waals surface area (Å²) < 4.78 is 1.83. The van der Waals surface area contributed by atoms with E-state index in [0.717, 1.165) is 24.0 Å². The van der Waals surface area contributed by atoms with Gasteiger partial charge in [0.15, 0.2) is 0 Å². The third-order valence-electron chi connectivity index (χ3n) is 8.22. The molecule has 1 aliphatic rings. The number of likely N-dealkylation sites (N-methyl/N-ethyl adjacent to an activating group) is 1. The lowest BCUT2D eigenvalue weighted by Gasteiger charge is -2.22. The molecule has 0 bridgehead atoms. The van der Waals surface area contributed by atoms with Crippen LogP contribution in [0, 0.1) is 0 Å². The highest BCUT2D eigenvalue weighted by Gasteiger charge is 2.23. The van der Waals surface area contributed by atoms with Crippen LogP contribution < -0.4 is 11.0 Å². The Hall–Kier alpha value is -5.61. The van der Waals surface area contributed by atoms with E-state index in [1.807, 2.05) is 23.7 Å². The number of carboxylic acids is 2. The highest BCUT2D eigenvalue weighted by molar-refractivity contribution is 6.02. The molecule has 44 heavy (non-hydrogen) atoms. The summed E-state index contributed by atoms with van der Waals surface area (Å²) in [6.45, 7) is 0.756. The number of phenols is 2. The number of H-pyrrole nitrogens is 1. The average molecular weight is 592 g/mol. The van der Waals surface area contributed by atoms with Crippen LogP contribution in [0.25, 0.3) is 32.6 Å². The Morgan fingerprint density at radius 2 is 1.39 bits per heavy atom. The summed E-state index contributed by atoms with van der Waals surface area (Å²) in [5.74, 6) is -3.36. The van der Waals surface area contributed by atoms with Gasteiger partial charge in [-0.3, -0.25) is 4.57 Å². The van der Waals surface area contributed by atoms with Gasteiger partial charge in [-0.2, -0.15) is 0 Å². The number of hydrogen-bond donors (Lipinski definition) is 6. The molecule has 1 aliphatic heterocycles. The largest absolute Gasteiger partial charge is 0.507 e. The smallest absolute Gasteiger partial charge is 0.339 e. The van der Waals surface area contributed by atoms with Crippen molar-refractivity contribution >= 4 is 44.5 Å². The van der Waals surface area contributed by atoms with Gasteiger partial charge in [-0.05, 0) is 58.8 Å². The van der Waals surface area contributed by atoms with Crippen LogP contribution in [-0.2, 0) is 19.4 Å². The number of carbonyl (C=O) groups is 2. The van der Waals surface area contributed by atoms with Crippen LogP contribution in [0.5, 0.6) is 11.5 Å². The topological polar surface area (TPSA) is 165 Å². The molecular formula is C34H29N3O7. The number of fused-ring (bicyclic) bond motifs is 2. The molecule has 0 unspecified atom stereocenters. The zero-order valence-electron chi connectivity index (χ0n) is 23.7. The van der Waals surface area contributed by atoms with Gasteiger partial charge in [0.25, 0.3) is 0 Å². The Labute approximate surface area is 250 Å². The second kappa shape index (κ2) is 11.2. The van der Waals surface area contributed by atoms with E-state index in [9.17, 15) is 34.8 Å². The quantitative estimate of drug-likeness (QED) is 0.165. The van der Waals surface area contributed by atoms with E-state index >= 15 is 0 Å². The Kier molecular flexibility index (Phi) is 7.28. The van der Waals surface area contributed by atoms with E-state index in [0.29, 0.717) is 38.7 Å². The molecule has 6 aromatic rings. The molecule has 2 heterocycles. The van der Waals surface area contributed by atoms with Crippen molar-refractivity contribution in [1.29, 1.82) is 0 Å². The van der Waals surface area contributed by atoms with Gasteiger partial charge in [-0.1, -0.05) is 60.7 Å². The first-order chi connectivity index (χ1) is 21.2. The van der Waals surface area contributed by atoms with Crippen molar-refractivity contribution in [2.45, 2.75) is 25.4 Å². The zero-order valence-corrected chi connectivity index (χ0v) is 23.7. The molecule has 10 nitrogen and oxygen atoms in total. The number of carboxylic acid groups (broad SMARTS) is 2. The van der Waals surface area contributed by atoms with E-state index in [2.05, 4.69) is 16.4 Å². The molecule has 1 atom stereocenters. The lowest BCUT2D eigenvalue weighted by molar-refractivity contribution is 0.0682. The summed E-state index contributed by atoms with van der Waals surface area (Å²) in [5, 5.41) is 46.0. The maximum Gasteiger partial charge on any atom is 0.339 e. The summed E-state index contributed by atoms with van der Waals surface area (Å²) in [6.07, 6.45) is 0.950. The second-order valence-electron chi connectivity index (χ2n) is 10.8. The normalized spacial score (nSPS) is 14.0. The van der Waals surface area contributed by atoms with Crippen LogP contribution in [0.1, 0.15) is 37.4 Å². The molecule has 0 spiro atoms. The van der Waals surface area contributed by atoms with E-state index in [-0.39, 0.29) is 23.2 Å². The number of aromatic amines is 1. The van der Waals surface area contributed by atoms with E-state index in [4.69, 9.17) is 0 Å². The number of aromatic nitrogens is 2. The minimum absolute atomic E-state index is 0.00241. The third-order valence-corrected chi connectivity index (χ3v) is 8.22. The fraction of sp³-hybridized carbons (Fsp3) is 0.147. The monoisotopic (exact) mass is 591 g/mol. The van der Waals surface area contributed by atoms with Gasteiger partial charge in [-0.25, -0.2) is 14.4 Å². The Bertz CT molecular complexity index is 2060. The molecule has 0 amide bonds. The lowest BCUT2D eigenvalue weighted by Crippen LogP contribution is -2.38. The summed E-state index contributed by atoms with van der Waals surface area (Å²) in [7, 11) is 1.94. The first-order valence-corrected chi connectivity index (χ1v) is 14.0. The van der Waals surface area contributed by atoms with Crippen LogP contribution in [0.2, 0.25) is 0 Å². The van der Waals surface area contributed by atoms with Crippen molar-refractivity contribution in [3.05, 3.63) is 117 Å². The summed E-state index contributed by atoms with van der Waals surface area (Å²) in [6, 6.07) is 23.2. The number of hydrogen-bond acceptors (Lipinski definition) is 6. The fourth-order valence-electron chi connectivity index (χ4n) is 6.06. The van der Waals surface area contributed by atoms with Crippen molar-refractivity contribution in [3.63, 3.8) is 0 Å². The van der Waals surface area contributed by atoms with Crippen LogP contribution in [0.4, 0.5) is 0 Å².